The number of carbonyl (C=O) groups is 2. The van der Waals surface area contributed by atoms with Gasteiger partial charge in [0.25, 0.3) is 0 Å². The van der Waals surface area contributed by atoms with Crippen molar-refractivity contribution in [3.05, 3.63) is 48.6 Å². The van der Waals surface area contributed by atoms with Crippen LogP contribution in [-0.4, -0.2) is 47.4 Å². The van der Waals surface area contributed by atoms with E-state index in [9.17, 15) is 19.8 Å². The zero-order valence-corrected chi connectivity index (χ0v) is 49.6. The molecule has 6 heteroatoms. The molecule has 74 heavy (non-hydrogen) atoms. The van der Waals surface area contributed by atoms with E-state index in [1.807, 2.05) is 0 Å². The first kappa shape index (κ1) is 71.8. The van der Waals surface area contributed by atoms with E-state index in [2.05, 4.69) is 67.8 Å². The molecule has 0 aliphatic carbocycles. The van der Waals surface area contributed by atoms with Crippen molar-refractivity contribution in [3.8, 4) is 0 Å². The van der Waals surface area contributed by atoms with Gasteiger partial charge in [-0.05, 0) is 89.9 Å². The number of unbranched alkanes of at least 4 members (excludes halogenated alkanes) is 42. The van der Waals surface area contributed by atoms with Crippen LogP contribution in [-0.2, 0) is 14.3 Å². The maximum atomic E-state index is 12.5. The highest BCUT2D eigenvalue weighted by Gasteiger charge is 2.20. The van der Waals surface area contributed by atoms with Crippen LogP contribution in [0.3, 0.4) is 0 Å². The van der Waals surface area contributed by atoms with Gasteiger partial charge in [-0.1, -0.05) is 294 Å². The van der Waals surface area contributed by atoms with Crippen LogP contribution in [0, 0.1) is 0 Å². The quantitative estimate of drug-likeness (QED) is 0.0320. The summed E-state index contributed by atoms with van der Waals surface area (Å²) in [5, 5.41) is 23.3. The topological polar surface area (TPSA) is 95.9 Å². The average Bonchev–Trinajstić information content (AvgIpc) is 3.40. The van der Waals surface area contributed by atoms with Crippen molar-refractivity contribution < 1.29 is 24.5 Å². The summed E-state index contributed by atoms with van der Waals surface area (Å²) in [5.41, 5.74) is 0. The van der Waals surface area contributed by atoms with Crippen LogP contribution in [0.15, 0.2) is 48.6 Å². The van der Waals surface area contributed by atoms with Crippen LogP contribution in [0.5, 0.6) is 0 Å². The second-order valence-electron chi connectivity index (χ2n) is 22.4. The Morgan fingerprint density at radius 2 is 0.676 bits per heavy atom. The molecule has 0 aliphatic rings. The van der Waals surface area contributed by atoms with Crippen molar-refractivity contribution in [2.45, 2.75) is 360 Å². The molecule has 2 unspecified atom stereocenters. The molecule has 0 saturated heterocycles. The van der Waals surface area contributed by atoms with E-state index in [-0.39, 0.29) is 18.5 Å². The van der Waals surface area contributed by atoms with Crippen LogP contribution in [0.4, 0.5) is 0 Å². The number of ether oxygens (including phenoxy) is 1. The number of hydrogen-bond acceptors (Lipinski definition) is 5. The third kappa shape index (κ3) is 59.1. The van der Waals surface area contributed by atoms with Crippen molar-refractivity contribution in [1.82, 2.24) is 5.32 Å². The van der Waals surface area contributed by atoms with Crippen molar-refractivity contribution in [2.24, 2.45) is 0 Å². The third-order valence-electron chi connectivity index (χ3n) is 15.1. The monoisotopic (exact) mass is 1040 g/mol. The zero-order chi connectivity index (χ0) is 53.6. The van der Waals surface area contributed by atoms with Gasteiger partial charge in [-0.25, -0.2) is 0 Å². The Morgan fingerprint density at radius 3 is 1.05 bits per heavy atom. The van der Waals surface area contributed by atoms with Gasteiger partial charge >= 0.3 is 5.97 Å². The van der Waals surface area contributed by atoms with E-state index in [0.29, 0.717) is 25.9 Å². The van der Waals surface area contributed by atoms with Gasteiger partial charge in [0.2, 0.25) is 5.91 Å². The van der Waals surface area contributed by atoms with Crippen molar-refractivity contribution >= 4 is 11.9 Å². The van der Waals surface area contributed by atoms with Crippen LogP contribution < -0.4 is 5.32 Å². The zero-order valence-electron chi connectivity index (χ0n) is 49.6. The number of amides is 1. The largest absolute Gasteiger partial charge is 0.466 e. The summed E-state index contributed by atoms with van der Waals surface area (Å²) >= 11 is 0. The normalized spacial score (nSPS) is 12.9. The summed E-state index contributed by atoms with van der Waals surface area (Å²) in [5.74, 6) is -0.0444. The first-order chi connectivity index (χ1) is 36.5. The standard InChI is InChI=1S/C68H127NO5/c1-3-5-7-9-11-13-15-17-19-28-32-36-40-44-48-52-56-60-66(71)65(64-70)69-67(72)61-57-53-49-45-41-37-33-30-26-24-22-21-23-25-27-31-35-39-43-47-51-55-59-63-74-68(73)62-58-54-50-46-42-38-34-29-20-18-16-14-12-10-8-6-4-2/h12,14,18,20-21,23-24,26,65-66,70-71H,3-11,13,15-17,19,22,25,27-64H2,1-2H3,(H,69,72)/b14-12-,20-18-,23-21-,26-24-. The molecule has 6 nitrogen and oxygen atoms in total. The number of carbonyl (C=O) groups excluding carboxylic acids is 2. The first-order valence-electron chi connectivity index (χ1n) is 32.9. The van der Waals surface area contributed by atoms with E-state index in [1.54, 1.807) is 0 Å². The van der Waals surface area contributed by atoms with Gasteiger partial charge in [0.05, 0.1) is 25.4 Å². The fourth-order valence-corrected chi connectivity index (χ4v) is 10.1. The lowest BCUT2D eigenvalue weighted by Gasteiger charge is -2.22. The Kier molecular flexibility index (Phi) is 61.5. The summed E-state index contributed by atoms with van der Waals surface area (Å²) in [7, 11) is 0. The van der Waals surface area contributed by atoms with Gasteiger partial charge in [-0.2, -0.15) is 0 Å². The summed E-state index contributed by atoms with van der Waals surface area (Å²) in [4.78, 5) is 24.6. The highest BCUT2D eigenvalue weighted by molar-refractivity contribution is 5.76. The van der Waals surface area contributed by atoms with Crippen molar-refractivity contribution in [1.29, 1.82) is 0 Å². The molecule has 0 radical (unpaired) electrons. The van der Waals surface area contributed by atoms with Gasteiger partial charge in [0, 0.05) is 12.8 Å². The molecule has 0 aromatic heterocycles. The number of esters is 1. The van der Waals surface area contributed by atoms with E-state index >= 15 is 0 Å². The first-order valence-corrected chi connectivity index (χ1v) is 32.9. The molecule has 3 N–H and O–H groups in total. The van der Waals surface area contributed by atoms with Gasteiger partial charge in [0.15, 0.2) is 0 Å². The Bertz CT molecular complexity index is 1240. The molecule has 434 valence electrons. The summed E-state index contributed by atoms with van der Waals surface area (Å²) in [6.45, 7) is 4.93. The summed E-state index contributed by atoms with van der Waals surface area (Å²) < 4.78 is 5.49. The molecule has 0 aromatic rings. The Morgan fingerprint density at radius 1 is 0.378 bits per heavy atom. The van der Waals surface area contributed by atoms with E-state index < -0.39 is 12.1 Å². The number of aliphatic hydroxyl groups excluding tert-OH is 2. The Hall–Kier alpha value is -2.18. The fourth-order valence-electron chi connectivity index (χ4n) is 10.1. The second-order valence-corrected chi connectivity index (χ2v) is 22.4. The van der Waals surface area contributed by atoms with Gasteiger partial charge in [-0.15, -0.1) is 0 Å². The van der Waals surface area contributed by atoms with E-state index in [4.69, 9.17) is 4.74 Å². The fraction of sp³-hybridized carbons (Fsp3) is 0.853. The molecule has 0 saturated carbocycles. The third-order valence-corrected chi connectivity index (χ3v) is 15.1. The molecule has 2 atom stereocenters. The number of rotatable bonds is 61. The Labute approximate surface area is 461 Å². The number of aliphatic hydroxyl groups is 2. The van der Waals surface area contributed by atoms with Crippen LogP contribution >= 0.6 is 0 Å². The predicted octanol–water partition coefficient (Wildman–Crippen LogP) is 20.9. The maximum Gasteiger partial charge on any atom is 0.305 e. The minimum absolute atomic E-state index is 0.000666. The van der Waals surface area contributed by atoms with Crippen LogP contribution in [0.2, 0.25) is 0 Å². The molecule has 0 aromatic carbocycles. The van der Waals surface area contributed by atoms with E-state index in [1.165, 1.54) is 250 Å². The lowest BCUT2D eigenvalue weighted by atomic mass is 10.0. The van der Waals surface area contributed by atoms with Crippen LogP contribution in [0.25, 0.3) is 0 Å². The molecule has 0 rings (SSSR count). The molecule has 0 fully saturated rings. The molecular formula is C68H127NO5. The number of nitrogens with one attached hydrogen (secondary N) is 1. The van der Waals surface area contributed by atoms with Crippen molar-refractivity contribution in [2.75, 3.05) is 13.2 Å². The Balaban J connectivity index is 3.45. The minimum Gasteiger partial charge on any atom is -0.466 e. The van der Waals surface area contributed by atoms with Gasteiger partial charge < -0.3 is 20.3 Å². The molecule has 0 bridgehead atoms. The highest BCUT2D eigenvalue weighted by atomic mass is 16.5. The summed E-state index contributed by atoms with van der Waals surface area (Å²) in [6.07, 6.45) is 81.3. The number of allylic oxidation sites excluding steroid dienone is 8. The highest BCUT2D eigenvalue weighted by Crippen LogP contribution is 2.17. The molecule has 0 spiro atoms. The van der Waals surface area contributed by atoms with Crippen molar-refractivity contribution in [3.63, 3.8) is 0 Å². The molecular weight excluding hydrogens is 911 g/mol. The molecule has 1 amide bonds. The van der Waals surface area contributed by atoms with Gasteiger partial charge in [-0.3, -0.25) is 9.59 Å². The number of hydrogen-bond donors (Lipinski definition) is 3. The van der Waals surface area contributed by atoms with Crippen LogP contribution in [0.1, 0.15) is 348 Å². The smallest absolute Gasteiger partial charge is 0.305 e. The molecule has 0 aliphatic heterocycles. The SMILES string of the molecule is CCCCC/C=C\C/C=C\CCCCCCCCCC(=O)OCCCCCCCCCCC/C=C\C/C=C\CCCCCCCCCC(=O)NC(CO)C(O)CCCCCCCCCCCCCCCCCCC. The van der Waals surface area contributed by atoms with Gasteiger partial charge in [0.1, 0.15) is 0 Å². The minimum atomic E-state index is -0.672. The lowest BCUT2D eigenvalue weighted by Crippen LogP contribution is -2.45. The lowest BCUT2D eigenvalue weighted by molar-refractivity contribution is -0.143. The maximum absolute atomic E-state index is 12.5. The second kappa shape index (κ2) is 63.4. The predicted molar refractivity (Wildman–Crippen MR) is 324 cm³/mol. The molecule has 0 heterocycles. The summed E-state index contributed by atoms with van der Waals surface area (Å²) in [6, 6.07) is -0.550. The van der Waals surface area contributed by atoms with E-state index in [0.717, 1.165) is 64.2 Å². The average molecular weight is 1040 g/mol.